The molecule has 0 saturated heterocycles. The van der Waals surface area contributed by atoms with Gasteiger partial charge in [-0.15, -0.1) is 0 Å². The number of hydrogen-bond acceptors (Lipinski definition) is 3. The van der Waals surface area contributed by atoms with Crippen LogP contribution in [0.3, 0.4) is 0 Å². The number of carbonyl (C=O) groups excluding carboxylic acids is 1. The Morgan fingerprint density at radius 2 is 1.70 bits per heavy atom. The van der Waals surface area contributed by atoms with E-state index in [1.165, 1.54) is 0 Å². The Kier molecular flexibility index (Phi) is 4.39. The molecule has 1 atom stereocenters. The summed E-state index contributed by atoms with van der Waals surface area (Å²) in [7, 11) is 0. The largest absolute Gasteiger partial charge is 0.387 e. The number of aliphatic hydroxyl groups is 2. The zero-order valence-corrected chi connectivity index (χ0v) is 13.3. The van der Waals surface area contributed by atoms with Crippen LogP contribution in [0, 0.1) is 0 Å². The third-order valence-corrected chi connectivity index (χ3v) is 4.47. The lowest BCUT2D eigenvalue weighted by Gasteiger charge is -2.22. The second-order valence-electron chi connectivity index (χ2n) is 5.93. The first kappa shape index (κ1) is 16.0. The number of amides is 1. The summed E-state index contributed by atoms with van der Waals surface area (Å²) in [4.78, 5) is 12.3. The molecule has 4 nitrogen and oxygen atoms in total. The standard InChI is InChI=1S/C18H18ClNO3/c19-15-7-5-12(6-8-15)16(21)11-20-17(22)18(23)9-13-3-1-2-4-14(13)10-18/h1-8,16,21,23H,9-11H2,(H,20,22)/t16-/m0/s1. The Bertz CT molecular complexity index is 689. The first-order chi connectivity index (χ1) is 11.0. The number of carbonyl (C=O) groups is 1. The lowest BCUT2D eigenvalue weighted by molar-refractivity contribution is -0.139. The number of rotatable bonds is 4. The highest BCUT2D eigenvalue weighted by Gasteiger charge is 2.41. The fourth-order valence-corrected chi connectivity index (χ4v) is 3.04. The molecular weight excluding hydrogens is 314 g/mol. The normalized spacial score (nSPS) is 16.7. The Morgan fingerprint density at radius 3 is 2.26 bits per heavy atom. The molecule has 0 radical (unpaired) electrons. The van der Waals surface area contributed by atoms with Crippen molar-refractivity contribution in [2.75, 3.05) is 6.54 Å². The highest BCUT2D eigenvalue weighted by atomic mass is 35.5. The highest BCUT2D eigenvalue weighted by molar-refractivity contribution is 6.30. The van der Waals surface area contributed by atoms with Crippen molar-refractivity contribution in [2.24, 2.45) is 0 Å². The Hall–Kier alpha value is -1.88. The van der Waals surface area contributed by atoms with E-state index in [0.717, 1.165) is 11.1 Å². The first-order valence-corrected chi connectivity index (χ1v) is 7.87. The summed E-state index contributed by atoms with van der Waals surface area (Å²) in [5, 5.41) is 23.9. The van der Waals surface area contributed by atoms with Crippen molar-refractivity contribution >= 4 is 17.5 Å². The van der Waals surface area contributed by atoms with Crippen LogP contribution in [0.4, 0.5) is 0 Å². The molecule has 0 aromatic heterocycles. The molecule has 3 N–H and O–H groups in total. The third kappa shape index (κ3) is 3.39. The molecule has 120 valence electrons. The number of hydrogen-bond donors (Lipinski definition) is 3. The van der Waals surface area contributed by atoms with E-state index in [9.17, 15) is 15.0 Å². The van der Waals surface area contributed by atoms with E-state index < -0.39 is 17.6 Å². The molecule has 2 aromatic rings. The van der Waals surface area contributed by atoms with Gasteiger partial charge < -0.3 is 15.5 Å². The van der Waals surface area contributed by atoms with Crippen molar-refractivity contribution in [1.82, 2.24) is 5.32 Å². The molecule has 1 amide bonds. The van der Waals surface area contributed by atoms with E-state index in [1.807, 2.05) is 24.3 Å². The van der Waals surface area contributed by atoms with Crippen molar-refractivity contribution in [3.05, 3.63) is 70.2 Å². The van der Waals surface area contributed by atoms with Gasteiger partial charge in [0.2, 0.25) is 0 Å². The molecular formula is C18H18ClNO3. The zero-order valence-electron chi connectivity index (χ0n) is 12.5. The first-order valence-electron chi connectivity index (χ1n) is 7.49. The molecule has 3 rings (SSSR count). The van der Waals surface area contributed by atoms with Gasteiger partial charge in [0.1, 0.15) is 0 Å². The Morgan fingerprint density at radius 1 is 1.13 bits per heavy atom. The zero-order chi connectivity index (χ0) is 16.4. The maximum absolute atomic E-state index is 12.3. The fraction of sp³-hybridized carbons (Fsp3) is 0.278. The molecule has 0 unspecified atom stereocenters. The lowest BCUT2D eigenvalue weighted by atomic mass is 9.99. The molecule has 1 aliphatic rings. The summed E-state index contributed by atoms with van der Waals surface area (Å²) >= 11 is 5.81. The van der Waals surface area contributed by atoms with Gasteiger partial charge in [-0.25, -0.2) is 0 Å². The van der Waals surface area contributed by atoms with Crippen LogP contribution in [0.5, 0.6) is 0 Å². The van der Waals surface area contributed by atoms with Gasteiger partial charge in [-0.2, -0.15) is 0 Å². The quantitative estimate of drug-likeness (QED) is 0.803. The maximum Gasteiger partial charge on any atom is 0.252 e. The summed E-state index contributed by atoms with van der Waals surface area (Å²) in [6, 6.07) is 14.4. The summed E-state index contributed by atoms with van der Waals surface area (Å²) in [6.45, 7) is 0.0408. The maximum atomic E-state index is 12.3. The molecule has 0 fully saturated rings. The SMILES string of the molecule is O=C(NC[C@H](O)c1ccc(Cl)cc1)C1(O)Cc2ccccc2C1. The second-order valence-corrected chi connectivity index (χ2v) is 6.37. The van der Waals surface area contributed by atoms with Crippen LogP contribution in [0.25, 0.3) is 0 Å². The highest BCUT2D eigenvalue weighted by Crippen LogP contribution is 2.30. The monoisotopic (exact) mass is 331 g/mol. The van der Waals surface area contributed by atoms with Gasteiger partial charge in [-0.05, 0) is 28.8 Å². The molecule has 5 heteroatoms. The predicted octanol–water partition coefficient (Wildman–Crippen LogP) is 2.02. The minimum absolute atomic E-state index is 0.0408. The smallest absolute Gasteiger partial charge is 0.252 e. The molecule has 0 bridgehead atoms. The van der Waals surface area contributed by atoms with Crippen LogP contribution in [0.2, 0.25) is 5.02 Å². The number of aliphatic hydroxyl groups excluding tert-OH is 1. The Balaban J connectivity index is 1.61. The number of fused-ring (bicyclic) bond motifs is 1. The molecule has 0 spiro atoms. The van der Waals surface area contributed by atoms with E-state index in [0.29, 0.717) is 23.4 Å². The van der Waals surface area contributed by atoms with Crippen LogP contribution in [-0.4, -0.2) is 28.3 Å². The van der Waals surface area contributed by atoms with E-state index in [1.54, 1.807) is 24.3 Å². The minimum Gasteiger partial charge on any atom is -0.387 e. The van der Waals surface area contributed by atoms with Gasteiger partial charge in [-0.3, -0.25) is 4.79 Å². The number of halogens is 1. The summed E-state index contributed by atoms with van der Waals surface area (Å²) < 4.78 is 0. The van der Waals surface area contributed by atoms with Crippen LogP contribution in [-0.2, 0) is 17.6 Å². The average molecular weight is 332 g/mol. The van der Waals surface area contributed by atoms with Crippen molar-refractivity contribution in [1.29, 1.82) is 0 Å². The van der Waals surface area contributed by atoms with Gasteiger partial charge in [0.25, 0.3) is 5.91 Å². The van der Waals surface area contributed by atoms with Gasteiger partial charge in [-0.1, -0.05) is 48.0 Å². The van der Waals surface area contributed by atoms with Crippen LogP contribution in [0.1, 0.15) is 22.8 Å². The Labute approximate surface area is 139 Å². The third-order valence-electron chi connectivity index (χ3n) is 4.22. The van der Waals surface area contributed by atoms with Crippen LogP contribution >= 0.6 is 11.6 Å². The van der Waals surface area contributed by atoms with Gasteiger partial charge in [0, 0.05) is 24.4 Å². The summed E-state index contributed by atoms with van der Waals surface area (Å²) in [5.74, 6) is -0.457. The van der Waals surface area contributed by atoms with Crippen molar-refractivity contribution in [2.45, 2.75) is 24.5 Å². The number of benzene rings is 2. The summed E-state index contributed by atoms with van der Waals surface area (Å²) in [5.41, 5.74) is 1.20. The fourth-order valence-electron chi connectivity index (χ4n) is 2.91. The minimum atomic E-state index is -1.44. The van der Waals surface area contributed by atoms with Crippen LogP contribution < -0.4 is 5.32 Å². The van der Waals surface area contributed by atoms with Gasteiger partial charge in [0.15, 0.2) is 5.60 Å². The number of nitrogens with one attached hydrogen (secondary N) is 1. The van der Waals surface area contributed by atoms with E-state index in [4.69, 9.17) is 11.6 Å². The van der Waals surface area contributed by atoms with E-state index in [-0.39, 0.29) is 6.54 Å². The molecule has 23 heavy (non-hydrogen) atoms. The molecule has 0 saturated carbocycles. The van der Waals surface area contributed by atoms with Crippen molar-refractivity contribution in [3.63, 3.8) is 0 Å². The van der Waals surface area contributed by atoms with Crippen molar-refractivity contribution < 1.29 is 15.0 Å². The van der Waals surface area contributed by atoms with Crippen LogP contribution in [0.15, 0.2) is 48.5 Å². The van der Waals surface area contributed by atoms with E-state index in [2.05, 4.69) is 5.32 Å². The molecule has 0 aliphatic heterocycles. The second kappa shape index (κ2) is 6.32. The topological polar surface area (TPSA) is 69.6 Å². The molecule has 1 aliphatic carbocycles. The van der Waals surface area contributed by atoms with E-state index >= 15 is 0 Å². The van der Waals surface area contributed by atoms with Gasteiger partial charge in [0.05, 0.1) is 6.10 Å². The average Bonchev–Trinajstić information content (AvgIpc) is 2.90. The molecule has 0 heterocycles. The summed E-state index contributed by atoms with van der Waals surface area (Å²) in [6.07, 6.45) is -0.249. The van der Waals surface area contributed by atoms with Crippen molar-refractivity contribution in [3.8, 4) is 0 Å². The van der Waals surface area contributed by atoms with Gasteiger partial charge >= 0.3 is 0 Å². The lowest BCUT2D eigenvalue weighted by Crippen LogP contribution is -2.48. The predicted molar refractivity (Wildman–Crippen MR) is 88.2 cm³/mol. The molecule has 2 aromatic carbocycles.